The number of hydrogen-bond acceptors (Lipinski definition) is 2. The molecule has 0 spiro atoms. The zero-order valence-corrected chi connectivity index (χ0v) is 7.47. The molecule has 4 nitrogen and oxygen atoms in total. The van der Waals surface area contributed by atoms with Crippen molar-refractivity contribution in [2.45, 2.75) is 13.1 Å². The Bertz CT molecular complexity index is 206. The maximum atomic E-state index is 11.6. The topological polar surface area (TPSA) is 53.2 Å². The third kappa shape index (κ3) is 5.23. The molecule has 0 bridgehead atoms. The Hall–Kier alpha value is -1.05. The first-order valence-electron chi connectivity index (χ1n) is 3.29. The Labute approximate surface area is 77.8 Å². The number of amides is 1. The number of hydrazine groups is 1. The summed E-state index contributed by atoms with van der Waals surface area (Å²) in [7, 11) is 0. The Morgan fingerprint density at radius 1 is 1.38 bits per heavy atom. The molecule has 0 atom stereocenters. The largest absolute Gasteiger partial charge is 0.472 e. The lowest BCUT2D eigenvalue weighted by Crippen LogP contribution is -2.50. The van der Waals surface area contributed by atoms with Gasteiger partial charge in [0, 0.05) is 6.54 Å². The van der Waals surface area contributed by atoms with Crippen molar-refractivity contribution in [1.82, 2.24) is 16.2 Å². The van der Waals surface area contributed by atoms with Gasteiger partial charge < -0.3 is 5.32 Å². The van der Waals surface area contributed by atoms with Crippen LogP contribution in [-0.2, 0) is 4.79 Å². The lowest BCUT2D eigenvalue weighted by Gasteiger charge is -2.11. The molecule has 8 heteroatoms. The van der Waals surface area contributed by atoms with Crippen molar-refractivity contribution in [3.05, 3.63) is 0 Å². The van der Waals surface area contributed by atoms with Gasteiger partial charge in [-0.1, -0.05) is 0 Å². The predicted octanol–water partition coefficient (Wildman–Crippen LogP) is 0.0639. The summed E-state index contributed by atoms with van der Waals surface area (Å²) in [5.74, 6) is -2.09. The van der Waals surface area contributed by atoms with Crippen molar-refractivity contribution in [2.75, 3.05) is 6.54 Å². The van der Waals surface area contributed by atoms with Gasteiger partial charge in [0.2, 0.25) is 0 Å². The summed E-state index contributed by atoms with van der Waals surface area (Å²) in [6.45, 7) is 2.16. The van der Waals surface area contributed by atoms with Gasteiger partial charge in [-0.3, -0.25) is 15.6 Å². The fourth-order valence-corrected chi connectivity index (χ4v) is 0.585. The summed E-state index contributed by atoms with van der Waals surface area (Å²) in [4.78, 5) is 10.2. The lowest BCUT2D eigenvalue weighted by molar-refractivity contribution is -0.174. The van der Waals surface area contributed by atoms with E-state index in [2.05, 4.69) is 17.5 Å². The third-order valence-electron chi connectivity index (χ3n) is 0.884. The first-order chi connectivity index (χ1) is 5.88. The first-order valence-corrected chi connectivity index (χ1v) is 3.69. The van der Waals surface area contributed by atoms with E-state index in [1.807, 2.05) is 5.43 Å². The van der Waals surface area contributed by atoms with Crippen LogP contribution in [0.5, 0.6) is 0 Å². The Balaban J connectivity index is 3.77. The summed E-state index contributed by atoms with van der Waals surface area (Å²) in [5, 5.41) is 2.42. The Morgan fingerprint density at radius 3 is 2.31 bits per heavy atom. The molecule has 0 aromatic carbocycles. The normalized spacial score (nSPS) is 10.5. The zero-order chi connectivity index (χ0) is 10.5. The molecule has 13 heavy (non-hydrogen) atoms. The Kier molecular flexibility index (Phi) is 4.46. The first kappa shape index (κ1) is 11.9. The molecule has 0 saturated carbocycles. The van der Waals surface area contributed by atoms with Crippen LogP contribution in [0.3, 0.4) is 0 Å². The summed E-state index contributed by atoms with van der Waals surface area (Å²) in [6.07, 6.45) is -4.91. The van der Waals surface area contributed by atoms with Crippen LogP contribution in [-0.4, -0.2) is 23.7 Å². The number of rotatable bonds is 1. The second kappa shape index (κ2) is 4.85. The molecule has 0 aliphatic carbocycles. The molecule has 0 aromatic heterocycles. The average Bonchev–Trinajstić information content (AvgIpc) is 1.99. The van der Waals surface area contributed by atoms with Gasteiger partial charge >= 0.3 is 12.1 Å². The molecular formula is C5H8F3N3OS. The van der Waals surface area contributed by atoms with Crippen LogP contribution in [0, 0.1) is 0 Å². The molecule has 0 aromatic rings. The monoisotopic (exact) mass is 215 g/mol. The van der Waals surface area contributed by atoms with E-state index in [4.69, 9.17) is 0 Å². The number of halogens is 3. The number of alkyl halides is 3. The fourth-order valence-electron chi connectivity index (χ4n) is 0.389. The lowest BCUT2D eigenvalue weighted by atomic mass is 10.6. The molecule has 0 aliphatic rings. The van der Waals surface area contributed by atoms with Gasteiger partial charge in [-0.2, -0.15) is 13.2 Å². The highest BCUT2D eigenvalue weighted by atomic mass is 32.1. The van der Waals surface area contributed by atoms with E-state index in [-0.39, 0.29) is 5.11 Å². The number of thiocarbonyl (C=S) groups is 1. The van der Waals surface area contributed by atoms with Gasteiger partial charge in [0.15, 0.2) is 5.11 Å². The maximum Gasteiger partial charge on any atom is 0.472 e. The number of nitrogens with one attached hydrogen (secondary N) is 3. The van der Waals surface area contributed by atoms with E-state index in [1.165, 1.54) is 5.43 Å². The minimum atomic E-state index is -4.91. The van der Waals surface area contributed by atoms with Crippen LogP contribution < -0.4 is 16.2 Å². The highest BCUT2D eigenvalue weighted by Gasteiger charge is 2.38. The van der Waals surface area contributed by atoms with E-state index < -0.39 is 12.1 Å². The van der Waals surface area contributed by atoms with Gasteiger partial charge in [-0.15, -0.1) is 0 Å². The second-order valence-electron chi connectivity index (χ2n) is 1.94. The smallest absolute Gasteiger partial charge is 0.362 e. The van der Waals surface area contributed by atoms with Crippen LogP contribution >= 0.6 is 12.2 Å². The van der Waals surface area contributed by atoms with Gasteiger partial charge in [-0.05, 0) is 19.1 Å². The van der Waals surface area contributed by atoms with Crippen molar-refractivity contribution < 1.29 is 18.0 Å². The van der Waals surface area contributed by atoms with Crippen LogP contribution in [0.4, 0.5) is 13.2 Å². The summed E-state index contributed by atoms with van der Waals surface area (Å²) in [5.41, 5.74) is 3.28. The highest BCUT2D eigenvalue weighted by molar-refractivity contribution is 7.80. The SMILES string of the molecule is CCNC(=S)NNC(=O)C(F)(F)F. The maximum absolute atomic E-state index is 11.6. The van der Waals surface area contributed by atoms with Gasteiger partial charge in [0.1, 0.15) is 0 Å². The fraction of sp³-hybridized carbons (Fsp3) is 0.600. The van der Waals surface area contributed by atoms with Crippen molar-refractivity contribution in [2.24, 2.45) is 0 Å². The quantitative estimate of drug-likeness (QED) is 0.428. The van der Waals surface area contributed by atoms with Crippen LogP contribution in [0.1, 0.15) is 6.92 Å². The van der Waals surface area contributed by atoms with E-state index in [1.54, 1.807) is 6.92 Å². The summed E-state index contributed by atoms with van der Waals surface area (Å²) in [6, 6.07) is 0. The molecule has 0 unspecified atom stereocenters. The van der Waals surface area contributed by atoms with Crippen LogP contribution in [0.15, 0.2) is 0 Å². The van der Waals surface area contributed by atoms with Crippen molar-refractivity contribution >= 4 is 23.2 Å². The molecule has 3 N–H and O–H groups in total. The molecule has 0 rings (SSSR count). The standard InChI is InChI=1S/C5H8F3N3OS/c1-2-9-4(13)11-10-3(12)5(6,7)8/h2H2,1H3,(H,10,12)(H2,9,11,13). The average molecular weight is 215 g/mol. The van der Waals surface area contributed by atoms with E-state index in [0.717, 1.165) is 0 Å². The zero-order valence-electron chi connectivity index (χ0n) is 6.66. The van der Waals surface area contributed by atoms with E-state index in [0.29, 0.717) is 6.54 Å². The van der Waals surface area contributed by atoms with Gasteiger partial charge in [-0.25, -0.2) is 0 Å². The van der Waals surface area contributed by atoms with Gasteiger partial charge in [0.25, 0.3) is 0 Å². The minimum Gasteiger partial charge on any atom is -0.362 e. The molecule has 0 aliphatic heterocycles. The number of hydrogen-bond donors (Lipinski definition) is 3. The summed E-state index contributed by atoms with van der Waals surface area (Å²) < 4.78 is 34.7. The van der Waals surface area contributed by atoms with E-state index >= 15 is 0 Å². The van der Waals surface area contributed by atoms with Gasteiger partial charge in [0.05, 0.1) is 0 Å². The van der Waals surface area contributed by atoms with Crippen molar-refractivity contribution in [3.8, 4) is 0 Å². The molecule has 76 valence electrons. The van der Waals surface area contributed by atoms with Crippen molar-refractivity contribution in [3.63, 3.8) is 0 Å². The number of carbonyl (C=O) groups excluding carboxylic acids is 1. The van der Waals surface area contributed by atoms with Crippen LogP contribution in [0.2, 0.25) is 0 Å². The minimum absolute atomic E-state index is 0.0694. The molecular weight excluding hydrogens is 207 g/mol. The van der Waals surface area contributed by atoms with Crippen molar-refractivity contribution in [1.29, 1.82) is 0 Å². The molecule has 1 amide bonds. The highest BCUT2D eigenvalue weighted by Crippen LogP contribution is 2.13. The summed E-state index contributed by atoms with van der Waals surface area (Å²) >= 11 is 4.49. The Morgan fingerprint density at radius 2 is 1.92 bits per heavy atom. The van der Waals surface area contributed by atoms with Crippen LogP contribution in [0.25, 0.3) is 0 Å². The molecule has 0 heterocycles. The molecule has 0 fully saturated rings. The molecule has 0 radical (unpaired) electrons. The number of carbonyl (C=O) groups is 1. The molecule has 0 saturated heterocycles. The second-order valence-corrected chi connectivity index (χ2v) is 2.34. The predicted molar refractivity (Wildman–Crippen MR) is 43.6 cm³/mol. The third-order valence-corrected chi connectivity index (χ3v) is 1.13. The van der Waals surface area contributed by atoms with E-state index in [9.17, 15) is 18.0 Å².